The molecule has 1 aliphatic heterocycles. The minimum absolute atomic E-state index is 0.182. The molecule has 1 heterocycles. The monoisotopic (exact) mass is 209 g/mol. The fourth-order valence-corrected chi connectivity index (χ4v) is 2.10. The summed E-state index contributed by atoms with van der Waals surface area (Å²) in [5, 5.41) is 13.9. The summed E-state index contributed by atoms with van der Waals surface area (Å²) in [6.45, 7) is 0. The van der Waals surface area contributed by atoms with Gasteiger partial charge in [-0.05, 0) is 6.07 Å². The molecule has 0 bridgehead atoms. The number of fused-ring (bicyclic) bond motifs is 1. The van der Waals surface area contributed by atoms with Gasteiger partial charge in [0, 0.05) is 22.9 Å². The minimum Gasteiger partial charge on any atom is -0.623 e. The molecule has 0 aromatic heterocycles. The summed E-state index contributed by atoms with van der Waals surface area (Å²) < 4.78 is 1.07. The van der Waals surface area contributed by atoms with Crippen molar-refractivity contribution in [2.24, 2.45) is 0 Å². The van der Waals surface area contributed by atoms with Crippen molar-refractivity contribution in [2.75, 3.05) is 0 Å². The highest BCUT2D eigenvalue weighted by Gasteiger charge is 2.21. The van der Waals surface area contributed by atoms with E-state index in [1.54, 1.807) is 0 Å². The number of rotatable bonds is 1. The summed E-state index contributed by atoms with van der Waals surface area (Å²) in [5.41, 5.74) is 1.04. The third-order valence-electron chi connectivity index (χ3n) is 2.91. The van der Waals surface area contributed by atoms with Gasteiger partial charge in [-0.2, -0.15) is 4.74 Å². The van der Waals surface area contributed by atoms with E-state index < -0.39 is 0 Å². The Kier molecular flexibility index (Phi) is 2.00. The number of hydroxylamine groups is 1. The quantitative estimate of drug-likeness (QED) is 0.512. The van der Waals surface area contributed by atoms with Crippen LogP contribution in [0, 0.1) is 5.21 Å². The third-order valence-corrected chi connectivity index (χ3v) is 2.91. The van der Waals surface area contributed by atoms with E-state index in [2.05, 4.69) is 0 Å². The lowest BCUT2D eigenvalue weighted by Gasteiger charge is -2.09. The van der Waals surface area contributed by atoms with Crippen LogP contribution in [0.3, 0.4) is 0 Å². The largest absolute Gasteiger partial charge is 0.623 e. The molecule has 2 heteroatoms. The molecule has 0 unspecified atom stereocenters. The van der Waals surface area contributed by atoms with Crippen molar-refractivity contribution in [2.45, 2.75) is 6.04 Å². The van der Waals surface area contributed by atoms with Crippen LogP contribution in [-0.2, 0) is 0 Å². The maximum atomic E-state index is 12.1. The van der Waals surface area contributed by atoms with Crippen LogP contribution in [0.4, 0.5) is 0 Å². The second kappa shape index (κ2) is 3.49. The summed E-state index contributed by atoms with van der Waals surface area (Å²) in [6.07, 6.45) is 2.01. The van der Waals surface area contributed by atoms with Gasteiger partial charge in [0.15, 0.2) is 0 Å². The van der Waals surface area contributed by atoms with Crippen molar-refractivity contribution in [3.63, 3.8) is 0 Å². The average molecular weight is 209 g/mol. The maximum absolute atomic E-state index is 12.1. The van der Waals surface area contributed by atoms with Crippen LogP contribution in [0.25, 0.3) is 6.08 Å². The molecule has 2 aromatic rings. The van der Waals surface area contributed by atoms with Gasteiger partial charge in [0.2, 0.25) is 11.4 Å². The van der Waals surface area contributed by atoms with E-state index in [-0.39, 0.29) is 6.04 Å². The number of nitrogens with zero attached hydrogens (tertiary/aromatic N) is 1. The van der Waals surface area contributed by atoms with Gasteiger partial charge in [0.05, 0.1) is 0 Å². The second-order valence-corrected chi connectivity index (χ2v) is 3.91. The van der Waals surface area contributed by atoms with Gasteiger partial charge in [-0.15, -0.1) is 0 Å². The summed E-state index contributed by atoms with van der Waals surface area (Å²) in [4.78, 5) is 0. The molecule has 0 spiro atoms. The standard InChI is InChI=1S/C14H11NO/c16-15-13-9-5-4-8-12(13)10-14(15)11-6-2-1-3-7-11/h1-10,14H/t14-/m0/s1. The fourth-order valence-electron chi connectivity index (χ4n) is 2.10. The molecule has 2 aromatic carbocycles. The van der Waals surface area contributed by atoms with E-state index in [9.17, 15) is 5.21 Å². The Hall–Kier alpha value is -2.09. The molecule has 78 valence electrons. The minimum atomic E-state index is -0.182. The predicted molar refractivity (Wildman–Crippen MR) is 63.9 cm³/mol. The lowest BCUT2D eigenvalue weighted by Crippen LogP contribution is -2.30. The van der Waals surface area contributed by atoms with Gasteiger partial charge in [0.1, 0.15) is 0 Å². The van der Waals surface area contributed by atoms with Crippen molar-refractivity contribution in [3.05, 3.63) is 75.9 Å². The Morgan fingerprint density at radius 1 is 0.875 bits per heavy atom. The highest BCUT2D eigenvalue weighted by Crippen LogP contribution is 2.17. The molecule has 0 amide bonds. The Balaban J connectivity index is 2.20. The topological polar surface area (TPSA) is 26.1 Å². The van der Waals surface area contributed by atoms with E-state index >= 15 is 0 Å². The molecule has 0 radical (unpaired) electrons. The molecular formula is C14H11NO. The molecule has 1 atom stereocenters. The number of hydrogen-bond donors (Lipinski definition) is 0. The van der Waals surface area contributed by atoms with Crippen LogP contribution in [0.1, 0.15) is 11.6 Å². The van der Waals surface area contributed by atoms with Gasteiger partial charge in [0.25, 0.3) is 0 Å². The zero-order valence-electron chi connectivity index (χ0n) is 8.71. The van der Waals surface area contributed by atoms with Crippen LogP contribution in [0.15, 0.2) is 54.6 Å². The zero-order valence-corrected chi connectivity index (χ0v) is 8.71. The molecule has 2 nitrogen and oxygen atoms in total. The Morgan fingerprint density at radius 2 is 1.56 bits per heavy atom. The molecule has 0 saturated carbocycles. The van der Waals surface area contributed by atoms with Crippen molar-refractivity contribution >= 4 is 6.08 Å². The fraction of sp³-hybridized carbons (Fsp3) is 0.0714. The van der Waals surface area contributed by atoms with Crippen molar-refractivity contribution in [1.82, 2.24) is 4.74 Å². The first-order valence-electron chi connectivity index (χ1n) is 5.31. The number of para-hydroxylation sites is 1. The molecule has 0 N–H and O–H groups in total. The number of benzene rings is 2. The van der Waals surface area contributed by atoms with Gasteiger partial charge in [-0.25, -0.2) is 0 Å². The second-order valence-electron chi connectivity index (χ2n) is 3.91. The van der Waals surface area contributed by atoms with E-state index in [1.807, 2.05) is 60.7 Å². The van der Waals surface area contributed by atoms with Gasteiger partial charge in [-0.3, -0.25) is 0 Å². The van der Waals surface area contributed by atoms with Crippen LogP contribution >= 0.6 is 0 Å². The van der Waals surface area contributed by atoms with Crippen molar-refractivity contribution < 1.29 is 0 Å². The van der Waals surface area contributed by atoms with Crippen LogP contribution in [0.5, 0.6) is 0 Å². The molecule has 16 heavy (non-hydrogen) atoms. The lowest BCUT2D eigenvalue weighted by atomic mass is 10.1. The smallest absolute Gasteiger partial charge is 0.219 e. The van der Waals surface area contributed by atoms with Gasteiger partial charge >= 0.3 is 0 Å². The molecule has 0 aliphatic carbocycles. The van der Waals surface area contributed by atoms with E-state index in [0.29, 0.717) is 0 Å². The average Bonchev–Trinajstić information content (AvgIpc) is 2.69. The lowest BCUT2D eigenvalue weighted by molar-refractivity contribution is 0.682. The summed E-state index contributed by atoms with van der Waals surface area (Å²) in [7, 11) is 0. The van der Waals surface area contributed by atoms with Crippen molar-refractivity contribution in [1.29, 1.82) is 0 Å². The third kappa shape index (κ3) is 1.31. The van der Waals surface area contributed by atoms with Gasteiger partial charge in [-0.1, -0.05) is 42.5 Å². The molecule has 0 fully saturated rings. The first kappa shape index (κ1) is 9.16. The molecule has 1 aliphatic rings. The Labute approximate surface area is 93.4 Å². The SMILES string of the molecule is [O-][N+]1=c2ccccc2=C[C@H]1c1ccccc1. The van der Waals surface area contributed by atoms with Crippen molar-refractivity contribution in [3.8, 4) is 0 Å². The number of hydrogen-bond acceptors (Lipinski definition) is 1. The normalized spacial score (nSPS) is 18.0. The highest BCUT2D eigenvalue weighted by atomic mass is 16.5. The molecule has 0 saturated heterocycles. The predicted octanol–water partition coefficient (Wildman–Crippen LogP) is 1.21. The van der Waals surface area contributed by atoms with Crippen LogP contribution in [-0.4, -0.2) is 0 Å². The Bertz CT molecular complexity index is 631. The Morgan fingerprint density at radius 3 is 2.31 bits per heavy atom. The van der Waals surface area contributed by atoms with Crippen LogP contribution < -0.4 is 15.3 Å². The first-order chi connectivity index (χ1) is 7.86. The van der Waals surface area contributed by atoms with Gasteiger partial charge < -0.3 is 5.21 Å². The zero-order chi connectivity index (χ0) is 11.0. The maximum Gasteiger partial charge on any atom is 0.219 e. The summed E-state index contributed by atoms with van der Waals surface area (Å²) in [6, 6.07) is 17.3. The summed E-state index contributed by atoms with van der Waals surface area (Å²) in [5.74, 6) is 0. The molecular weight excluding hydrogens is 198 g/mol. The van der Waals surface area contributed by atoms with Crippen LogP contribution in [0.2, 0.25) is 0 Å². The first-order valence-corrected chi connectivity index (χ1v) is 5.31. The van der Waals surface area contributed by atoms with E-state index in [0.717, 1.165) is 20.9 Å². The summed E-state index contributed by atoms with van der Waals surface area (Å²) >= 11 is 0. The highest BCUT2D eigenvalue weighted by molar-refractivity contribution is 5.42. The van der Waals surface area contributed by atoms with E-state index in [4.69, 9.17) is 0 Å². The van der Waals surface area contributed by atoms with E-state index in [1.165, 1.54) is 0 Å². The molecule has 3 rings (SSSR count).